The van der Waals surface area contributed by atoms with Crippen molar-refractivity contribution in [2.24, 2.45) is 0 Å². The summed E-state index contributed by atoms with van der Waals surface area (Å²) in [6, 6.07) is 11.9. The molecule has 9 heteroatoms. The van der Waals surface area contributed by atoms with E-state index in [0.29, 0.717) is 5.69 Å². The van der Waals surface area contributed by atoms with Crippen LogP contribution in [0.1, 0.15) is 27.3 Å². The zero-order valence-electron chi connectivity index (χ0n) is 16.0. The monoisotopic (exact) mass is 401 g/mol. The molecule has 0 saturated carbocycles. The maximum absolute atomic E-state index is 13.4. The van der Waals surface area contributed by atoms with Crippen LogP contribution in [0.5, 0.6) is 0 Å². The summed E-state index contributed by atoms with van der Waals surface area (Å²) in [7, 11) is 3.31. The molecule has 150 valence electrons. The molecule has 6 nitrogen and oxygen atoms in total. The summed E-state index contributed by atoms with van der Waals surface area (Å²) in [6.07, 6.45) is -3.26. The third-order valence-electron chi connectivity index (χ3n) is 4.10. The van der Waals surface area contributed by atoms with Crippen molar-refractivity contribution < 1.29 is 18.0 Å². The number of nitrogens with zero attached hydrogens (tertiary/aromatic N) is 5. The number of halogens is 3. The molecule has 2 aromatic carbocycles. The topological polar surface area (TPSA) is 63.9 Å². The van der Waals surface area contributed by atoms with E-state index in [-0.39, 0.29) is 11.4 Å². The molecule has 0 N–H and O–H groups in total. The van der Waals surface area contributed by atoms with Gasteiger partial charge in [0, 0.05) is 25.9 Å². The van der Waals surface area contributed by atoms with Gasteiger partial charge >= 0.3 is 6.18 Å². The van der Waals surface area contributed by atoms with Crippen LogP contribution in [0.25, 0.3) is 11.3 Å². The Morgan fingerprint density at radius 2 is 1.72 bits per heavy atom. The van der Waals surface area contributed by atoms with Crippen LogP contribution in [-0.2, 0) is 6.18 Å². The largest absolute Gasteiger partial charge is 0.417 e. The van der Waals surface area contributed by atoms with Gasteiger partial charge in [0.2, 0.25) is 0 Å². The summed E-state index contributed by atoms with van der Waals surface area (Å²) < 4.78 is 41.6. The highest BCUT2D eigenvalue weighted by atomic mass is 19.4. The maximum atomic E-state index is 13.4. The van der Waals surface area contributed by atoms with Crippen LogP contribution in [0.15, 0.2) is 54.7 Å². The predicted octanol–water partition coefficient (Wildman–Crippen LogP) is 3.77. The van der Waals surface area contributed by atoms with E-state index in [9.17, 15) is 18.0 Å². The molecule has 0 spiro atoms. The molecule has 0 amide bonds. The third-order valence-corrected chi connectivity index (χ3v) is 4.10. The molecule has 1 heterocycles. The summed E-state index contributed by atoms with van der Waals surface area (Å²) in [5.41, 5.74) is 0.0626. The number of carbonyl (C=O) groups excluding carboxylic acids is 1. The van der Waals surface area contributed by atoms with E-state index in [1.807, 2.05) is 19.1 Å². The van der Waals surface area contributed by atoms with E-state index in [0.717, 1.165) is 17.7 Å². The van der Waals surface area contributed by atoms with Crippen molar-refractivity contribution in [1.29, 1.82) is 0 Å². The van der Waals surface area contributed by atoms with Crippen molar-refractivity contribution in [2.45, 2.75) is 13.1 Å². The van der Waals surface area contributed by atoms with Crippen LogP contribution in [0.3, 0.4) is 0 Å². The maximum Gasteiger partial charge on any atom is 0.417 e. The number of ketones is 1. The van der Waals surface area contributed by atoms with Gasteiger partial charge in [-0.3, -0.25) is 4.79 Å². The van der Waals surface area contributed by atoms with Gasteiger partial charge in [-0.25, -0.2) is 0 Å². The zero-order chi connectivity index (χ0) is 21.2. The van der Waals surface area contributed by atoms with Crippen LogP contribution in [-0.4, -0.2) is 45.0 Å². The Labute approximate surface area is 165 Å². The molecule has 3 rings (SSSR count). The van der Waals surface area contributed by atoms with Crippen LogP contribution in [0, 0.1) is 6.92 Å². The molecular formula is C20H18F3N5O. The summed E-state index contributed by atoms with van der Waals surface area (Å²) >= 11 is 0. The van der Waals surface area contributed by atoms with Gasteiger partial charge in [-0.05, 0) is 35.5 Å². The number of hydrogen-bond donors (Lipinski definition) is 0. The van der Waals surface area contributed by atoms with Gasteiger partial charge in [0.05, 0.1) is 16.8 Å². The fourth-order valence-corrected chi connectivity index (χ4v) is 2.76. The van der Waals surface area contributed by atoms with Crippen LogP contribution >= 0.6 is 0 Å². The first-order valence-corrected chi connectivity index (χ1v) is 8.63. The number of aryl methyl sites for hydroxylation is 1. The average Bonchev–Trinajstić information content (AvgIpc) is 3.15. The Morgan fingerprint density at radius 1 is 1.07 bits per heavy atom. The quantitative estimate of drug-likeness (QED) is 0.481. The molecular weight excluding hydrogens is 383 g/mol. The van der Waals surface area contributed by atoms with Gasteiger partial charge in [0.15, 0.2) is 11.6 Å². The number of aromatic nitrogens is 4. The molecule has 0 fully saturated rings. The molecule has 0 unspecified atom stereocenters. The molecule has 29 heavy (non-hydrogen) atoms. The highest BCUT2D eigenvalue weighted by Gasteiger charge is 2.36. The van der Waals surface area contributed by atoms with E-state index < -0.39 is 23.1 Å². The fourth-order valence-electron chi connectivity index (χ4n) is 2.76. The number of alkyl halides is 3. The molecule has 0 radical (unpaired) electrons. The first-order valence-electron chi connectivity index (χ1n) is 8.63. The minimum absolute atomic E-state index is 0.0459. The summed E-state index contributed by atoms with van der Waals surface area (Å²) in [5, 5.41) is 11.5. The van der Waals surface area contributed by atoms with Crippen LogP contribution in [0.2, 0.25) is 0 Å². The Balaban J connectivity index is 2.15. The Kier molecular flexibility index (Phi) is 5.49. The number of hydrogen-bond acceptors (Lipinski definition) is 5. The lowest BCUT2D eigenvalue weighted by molar-refractivity contribution is -0.137. The van der Waals surface area contributed by atoms with E-state index in [2.05, 4.69) is 15.5 Å². The molecule has 3 aromatic rings. The lowest BCUT2D eigenvalue weighted by Gasteiger charge is -2.15. The fraction of sp³-hybridized carbons (Fsp3) is 0.200. The second-order valence-electron chi connectivity index (χ2n) is 6.63. The summed E-state index contributed by atoms with van der Waals surface area (Å²) in [4.78, 5) is 14.7. The third kappa shape index (κ3) is 4.34. The highest BCUT2D eigenvalue weighted by Crippen LogP contribution is 2.34. The number of rotatable bonds is 5. The minimum Gasteiger partial charge on any atom is -0.383 e. The zero-order valence-corrected chi connectivity index (χ0v) is 16.0. The Hall–Kier alpha value is -3.49. The first kappa shape index (κ1) is 20.2. The molecule has 0 atom stereocenters. The minimum atomic E-state index is -4.67. The van der Waals surface area contributed by atoms with Gasteiger partial charge in [-0.2, -0.15) is 17.9 Å². The van der Waals surface area contributed by atoms with E-state index in [1.165, 1.54) is 23.0 Å². The van der Waals surface area contributed by atoms with Crippen molar-refractivity contribution in [3.8, 4) is 5.69 Å². The van der Waals surface area contributed by atoms with Crippen molar-refractivity contribution in [3.63, 3.8) is 0 Å². The molecule has 0 aliphatic heterocycles. The number of tetrazole rings is 1. The van der Waals surface area contributed by atoms with E-state index >= 15 is 0 Å². The SMILES string of the molecule is Cc1ccc(-n2nnnc2C(=CN(C)C)C(=O)c2ccccc2C(F)(F)F)cc1. The normalized spacial score (nSPS) is 12.1. The number of carbonyl (C=O) groups is 1. The van der Waals surface area contributed by atoms with Crippen LogP contribution < -0.4 is 0 Å². The number of benzene rings is 2. The molecule has 0 bridgehead atoms. The highest BCUT2D eigenvalue weighted by molar-refractivity contribution is 6.28. The summed E-state index contributed by atoms with van der Waals surface area (Å²) in [6.45, 7) is 1.92. The van der Waals surface area contributed by atoms with Gasteiger partial charge < -0.3 is 4.90 Å². The first-order chi connectivity index (χ1) is 13.7. The average molecular weight is 401 g/mol. The number of Topliss-reactive ketones (excluding diaryl/α,β-unsaturated/α-hetero) is 1. The second kappa shape index (κ2) is 7.86. The van der Waals surface area contributed by atoms with Gasteiger partial charge in [0.1, 0.15) is 0 Å². The number of allylic oxidation sites excluding steroid dienone is 1. The standard InChI is InChI=1S/C20H18F3N5O/c1-13-8-10-14(11-9-13)28-19(24-25-26-28)16(12-27(2)3)18(29)15-6-4-5-7-17(15)20(21,22)23/h4-12H,1-3H3. The predicted molar refractivity (Wildman–Crippen MR) is 101 cm³/mol. The Bertz CT molecular complexity index is 1050. The van der Waals surface area contributed by atoms with Crippen molar-refractivity contribution in [2.75, 3.05) is 14.1 Å². The lowest BCUT2D eigenvalue weighted by atomic mass is 9.97. The smallest absolute Gasteiger partial charge is 0.383 e. The molecule has 0 aliphatic rings. The van der Waals surface area contributed by atoms with Gasteiger partial charge in [0.25, 0.3) is 0 Å². The van der Waals surface area contributed by atoms with Gasteiger partial charge in [-0.1, -0.05) is 35.9 Å². The molecule has 1 aromatic heterocycles. The lowest BCUT2D eigenvalue weighted by Crippen LogP contribution is -2.17. The van der Waals surface area contributed by atoms with E-state index in [1.54, 1.807) is 31.1 Å². The summed E-state index contributed by atoms with van der Waals surface area (Å²) in [5.74, 6) is -0.778. The Morgan fingerprint density at radius 3 is 2.34 bits per heavy atom. The van der Waals surface area contributed by atoms with Crippen LogP contribution in [0.4, 0.5) is 13.2 Å². The molecule has 0 saturated heterocycles. The van der Waals surface area contributed by atoms with Crippen molar-refractivity contribution >= 4 is 11.4 Å². The van der Waals surface area contributed by atoms with E-state index in [4.69, 9.17) is 0 Å². The van der Waals surface area contributed by atoms with Crippen molar-refractivity contribution in [1.82, 2.24) is 25.1 Å². The molecule has 0 aliphatic carbocycles. The van der Waals surface area contributed by atoms with Gasteiger partial charge in [-0.15, -0.1) is 5.10 Å². The second-order valence-corrected chi connectivity index (χ2v) is 6.63. The van der Waals surface area contributed by atoms with Crippen molar-refractivity contribution in [3.05, 3.63) is 77.2 Å².